The minimum Gasteiger partial charge on any atom is -0.340 e. The maximum Gasteiger partial charge on any atom is 0.155 e. The molecule has 2 aromatic rings. The highest BCUT2D eigenvalue weighted by Gasteiger charge is 2.09. The molecule has 0 N–H and O–H groups in total. The van der Waals surface area contributed by atoms with Crippen LogP contribution in [0, 0.1) is 12.8 Å². The standard InChI is InChI=1S/C14H17NO/c1-10(2)14(16)9-15-7-6-12-5-4-11(3)8-13(12)15/h4-8,10H,9H2,1-3H3. The zero-order chi connectivity index (χ0) is 11.7. The van der Waals surface area contributed by atoms with Crippen molar-refractivity contribution in [3.8, 4) is 0 Å². The van der Waals surface area contributed by atoms with Crippen LogP contribution in [0.1, 0.15) is 19.4 Å². The summed E-state index contributed by atoms with van der Waals surface area (Å²) >= 11 is 0. The summed E-state index contributed by atoms with van der Waals surface area (Å²) in [5, 5.41) is 1.20. The van der Waals surface area contributed by atoms with Gasteiger partial charge in [-0.15, -0.1) is 0 Å². The minimum atomic E-state index is 0.0993. The van der Waals surface area contributed by atoms with Crippen LogP contribution in [-0.4, -0.2) is 10.4 Å². The largest absolute Gasteiger partial charge is 0.340 e. The van der Waals surface area contributed by atoms with E-state index in [2.05, 4.69) is 31.2 Å². The molecule has 0 aliphatic rings. The van der Waals surface area contributed by atoms with Crippen LogP contribution in [0.4, 0.5) is 0 Å². The van der Waals surface area contributed by atoms with Crippen molar-refractivity contribution >= 4 is 16.7 Å². The van der Waals surface area contributed by atoms with E-state index < -0.39 is 0 Å². The third-order valence-electron chi connectivity index (χ3n) is 2.90. The molecule has 2 rings (SSSR count). The molecule has 0 bridgehead atoms. The maximum absolute atomic E-state index is 11.7. The summed E-state index contributed by atoms with van der Waals surface area (Å²) in [4.78, 5) is 11.7. The molecule has 0 aliphatic heterocycles. The van der Waals surface area contributed by atoms with Crippen molar-refractivity contribution in [2.75, 3.05) is 0 Å². The molecule has 0 unspecified atom stereocenters. The molecule has 0 fully saturated rings. The van der Waals surface area contributed by atoms with Crippen molar-refractivity contribution in [1.29, 1.82) is 0 Å². The normalized spacial score (nSPS) is 11.2. The molecule has 1 aromatic heterocycles. The number of aromatic nitrogens is 1. The zero-order valence-electron chi connectivity index (χ0n) is 10.0. The van der Waals surface area contributed by atoms with Crippen LogP contribution in [0.25, 0.3) is 10.9 Å². The van der Waals surface area contributed by atoms with Crippen molar-refractivity contribution in [2.45, 2.75) is 27.3 Å². The fourth-order valence-corrected chi connectivity index (χ4v) is 1.78. The number of nitrogens with zero attached hydrogens (tertiary/aromatic N) is 1. The zero-order valence-corrected chi connectivity index (χ0v) is 10.0. The first-order valence-corrected chi connectivity index (χ1v) is 5.66. The van der Waals surface area contributed by atoms with Gasteiger partial charge in [-0.3, -0.25) is 4.79 Å². The van der Waals surface area contributed by atoms with Crippen molar-refractivity contribution in [2.24, 2.45) is 5.92 Å². The summed E-state index contributed by atoms with van der Waals surface area (Å²) in [7, 11) is 0. The van der Waals surface area contributed by atoms with Gasteiger partial charge >= 0.3 is 0 Å². The Morgan fingerprint density at radius 2 is 2.06 bits per heavy atom. The number of rotatable bonds is 3. The van der Waals surface area contributed by atoms with Crippen LogP contribution in [-0.2, 0) is 11.3 Å². The average molecular weight is 215 g/mol. The van der Waals surface area contributed by atoms with Gasteiger partial charge in [0, 0.05) is 17.6 Å². The molecule has 84 valence electrons. The Morgan fingerprint density at radius 1 is 1.31 bits per heavy atom. The van der Waals surface area contributed by atoms with Gasteiger partial charge in [-0.1, -0.05) is 26.0 Å². The highest BCUT2D eigenvalue weighted by atomic mass is 16.1. The number of benzene rings is 1. The van der Waals surface area contributed by atoms with Crippen LogP contribution in [0.5, 0.6) is 0 Å². The summed E-state index contributed by atoms with van der Waals surface area (Å²) in [5.41, 5.74) is 2.37. The molecule has 16 heavy (non-hydrogen) atoms. The van der Waals surface area contributed by atoms with E-state index in [-0.39, 0.29) is 11.7 Å². The van der Waals surface area contributed by atoms with E-state index in [1.54, 1.807) is 0 Å². The molecule has 0 atom stereocenters. The predicted octanol–water partition coefficient (Wildman–Crippen LogP) is 3.17. The molecule has 0 spiro atoms. The number of hydrogen-bond acceptors (Lipinski definition) is 1. The minimum absolute atomic E-state index is 0.0993. The van der Waals surface area contributed by atoms with Crippen LogP contribution in [0.15, 0.2) is 30.5 Å². The van der Waals surface area contributed by atoms with Crippen molar-refractivity contribution in [1.82, 2.24) is 4.57 Å². The fraction of sp³-hybridized carbons (Fsp3) is 0.357. The van der Waals surface area contributed by atoms with Gasteiger partial charge in [0.15, 0.2) is 5.78 Å². The van der Waals surface area contributed by atoms with E-state index in [0.717, 1.165) is 5.52 Å². The fourth-order valence-electron chi connectivity index (χ4n) is 1.78. The van der Waals surface area contributed by atoms with E-state index in [1.807, 2.05) is 24.6 Å². The number of carbonyl (C=O) groups excluding carboxylic acids is 1. The maximum atomic E-state index is 11.7. The molecule has 0 saturated heterocycles. The average Bonchev–Trinajstić information content (AvgIpc) is 2.61. The van der Waals surface area contributed by atoms with Crippen LogP contribution >= 0.6 is 0 Å². The van der Waals surface area contributed by atoms with Crippen molar-refractivity contribution in [3.05, 3.63) is 36.0 Å². The van der Waals surface area contributed by atoms with Gasteiger partial charge in [0.25, 0.3) is 0 Å². The Bertz CT molecular complexity index is 523. The second-order valence-electron chi connectivity index (χ2n) is 4.63. The second-order valence-corrected chi connectivity index (χ2v) is 4.63. The van der Waals surface area contributed by atoms with Crippen LogP contribution < -0.4 is 0 Å². The molecular weight excluding hydrogens is 198 g/mol. The molecule has 0 saturated carbocycles. The van der Waals surface area contributed by atoms with Gasteiger partial charge in [0.2, 0.25) is 0 Å². The summed E-state index contributed by atoms with van der Waals surface area (Å²) in [6, 6.07) is 8.38. The van der Waals surface area contributed by atoms with E-state index >= 15 is 0 Å². The van der Waals surface area contributed by atoms with Gasteiger partial charge in [0.1, 0.15) is 0 Å². The topological polar surface area (TPSA) is 22.0 Å². The number of aryl methyl sites for hydroxylation is 1. The third kappa shape index (κ3) is 2.01. The molecule has 1 aromatic carbocycles. The lowest BCUT2D eigenvalue weighted by molar-refractivity contribution is -0.122. The quantitative estimate of drug-likeness (QED) is 0.770. The molecular formula is C14H17NO. The van der Waals surface area contributed by atoms with Crippen molar-refractivity contribution in [3.63, 3.8) is 0 Å². The lowest BCUT2D eigenvalue weighted by Crippen LogP contribution is -2.14. The van der Waals surface area contributed by atoms with E-state index in [4.69, 9.17) is 0 Å². The highest BCUT2D eigenvalue weighted by Crippen LogP contribution is 2.17. The SMILES string of the molecule is Cc1ccc2ccn(CC(=O)C(C)C)c2c1. The molecule has 0 radical (unpaired) electrons. The summed E-state index contributed by atoms with van der Waals surface area (Å²) in [6.07, 6.45) is 1.99. The molecule has 2 heteroatoms. The summed E-state index contributed by atoms with van der Waals surface area (Å²) in [6.45, 7) is 6.43. The molecule has 1 heterocycles. The molecule has 0 aliphatic carbocycles. The Labute approximate surface area is 95.9 Å². The third-order valence-corrected chi connectivity index (χ3v) is 2.90. The van der Waals surface area contributed by atoms with Gasteiger partial charge in [-0.2, -0.15) is 0 Å². The second kappa shape index (κ2) is 4.12. The Balaban J connectivity index is 2.38. The van der Waals surface area contributed by atoms with E-state index in [9.17, 15) is 4.79 Å². The number of ketones is 1. The number of Topliss-reactive ketones (excluding diaryl/α,β-unsaturated/α-hetero) is 1. The van der Waals surface area contributed by atoms with E-state index in [0.29, 0.717) is 6.54 Å². The number of fused-ring (bicyclic) bond motifs is 1. The first kappa shape index (κ1) is 10.9. The smallest absolute Gasteiger partial charge is 0.155 e. The monoisotopic (exact) mass is 215 g/mol. The van der Waals surface area contributed by atoms with Gasteiger partial charge in [-0.05, 0) is 30.0 Å². The van der Waals surface area contributed by atoms with Gasteiger partial charge < -0.3 is 4.57 Å². The Hall–Kier alpha value is -1.57. The number of carbonyl (C=O) groups is 1. The van der Waals surface area contributed by atoms with Crippen LogP contribution in [0.3, 0.4) is 0 Å². The van der Waals surface area contributed by atoms with Gasteiger partial charge in [0.05, 0.1) is 6.54 Å². The highest BCUT2D eigenvalue weighted by molar-refractivity contribution is 5.85. The Morgan fingerprint density at radius 3 is 2.75 bits per heavy atom. The Kier molecular flexibility index (Phi) is 2.82. The first-order chi connectivity index (χ1) is 7.58. The number of hydrogen-bond donors (Lipinski definition) is 0. The first-order valence-electron chi connectivity index (χ1n) is 5.66. The lowest BCUT2D eigenvalue weighted by atomic mass is 10.1. The van der Waals surface area contributed by atoms with Gasteiger partial charge in [-0.25, -0.2) is 0 Å². The molecule has 2 nitrogen and oxygen atoms in total. The van der Waals surface area contributed by atoms with Crippen LogP contribution in [0.2, 0.25) is 0 Å². The van der Waals surface area contributed by atoms with Crippen molar-refractivity contribution < 1.29 is 4.79 Å². The predicted molar refractivity (Wildman–Crippen MR) is 66.5 cm³/mol. The summed E-state index contributed by atoms with van der Waals surface area (Å²) in [5.74, 6) is 0.376. The summed E-state index contributed by atoms with van der Waals surface area (Å²) < 4.78 is 2.03. The molecule has 0 amide bonds. The van der Waals surface area contributed by atoms with E-state index in [1.165, 1.54) is 10.9 Å². The lowest BCUT2D eigenvalue weighted by Gasteiger charge is -2.07.